The van der Waals surface area contributed by atoms with Gasteiger partial charge in [0.2, 0.25) is 0 Å². The standard InChI is InChI=1S/C18H14F2N2OS/c1-11(12-2-6-14(19)7-3-12)21-17(23)16-10-24-18(22-16)13-4-8-15(20)9-5-13/h2-11H,1H3,(H,21,23)/t11-/m0/s1. The highest BCUT2D eigenvalue weighted by molar-refractivity contribution is 7.13. The fourth-order valence-corrected chi connectivity index (χ4v) is 3.01. The summed E-state index contributed by atoms with van der Waals surface area (Å²) in [7, 11) is 0. The number of carbonyl (C=O) groups excluding carboxylic acids is 1. The molecular formula is C18H14F2N2OS. The highest BCUT2D eigenvalue weighted by Gasteiger charge is 2.15. The first kappa shape index (κ1) is 16.3. The molecule has 3 aromatic rings. The minimum Gasteiger partial charge on any atom is -0.344 e. The zero-order valence-electron chi connectivity index (χ0n) is 12.8. The number of carbonyl (C=O) groups is 1. The zero-order valence-corrected chi connectivity index (χ0v) is 13.6. The van der Waals surface area contributed by atoms with Crippen LogP contribution in [0.5, 0.6) is 0 Å². The number of nitrogens with zero attached hydrogens (tertiary/aromatic N) is 1. The predicted octanol–water partition coefficient (Wildman–Crippen LogP) is 4.58. The van der Waals surface area contributed by atoms with Crippen LogP contribution in [0.2, 0.25) is 0 Å². The van der Waals surface area contributed by atoms with Gasteiger partial charge in [0.15, 0.2) is 0 Å². The van der Waals surface area contributed by atoms with Crippen LogP contribution in [0.4, 0.5) is 8.78 Å². The van der Waals surface area contributed by atoms with Crippen LogP contribution in [-0.2, 0) is 0 Å². The minimum absolute atomic E-state index is 0.269. The van der Waals surface area contributed by atoms with Crippen molar-refractivity contribution in [3.05, 3.63) is 76.8 Å². The van der Waals surface area contributed by atoms with Crippen LogP contribution in [0.3, 0.4) is 0 Å². The van der Waals surface area contributed by atoms with E-state index in [0.29, 0.717) is 10.7 Å². The van der Waals surface area contributed by atoms with Crippen molar-refractivity contribution >= 4 is 17.2 Å². The first-order valence-electron chi connectivity index (χ1n) is 7.31. The van der Waals surface area contributed by atoms with E-state index in [0.717, 1.165) is 11.1 Å². The molecule has 3 rings (SSSR count). The van der Waals surface area contributed by atoms with Crippen molar-refractivity contribution in [3.63, 3.8) is 0 Å². The summed E-state index contributed by atoms with van der Waals surface area (Å²) >= 11 is 1.32. The molecule has 1 amide bonds. The Balaban J connectivity index is 1.71. The Morgan fingerprint density at radius 2 is 1.62 bits per heavy atom. The molecule has 0 spiro atoms. The van der Waals surface area contributed by atoms with Crippen LogP contribution in [0, 0.1) is 11.6 Å². The van der Waals surface area contributed by atoms with E-state index in [1.165, 1.54) is 35.6 Å². The Labute approximate surface area is 142 Å². The molecule has 0 fully saturated rings. The quantitative estimate of drug-likeness (QED) is 0.753. The first-order chi connectivity index (χ1) is 11.5. The first-order valence-corrected chi connectivity index (χ1v) is 8.18. The van der Waals surface area contributed by atoms with Crippen molar-refractivity contribution < 1.29 is 13.6 Å². The molecule has 0 radical (unpaired) electrons. The van der Waals surface area contributed by atoms with Crippen LogP contribution in [0.1, 0.15) is 29.0 Å². The third-order valence-electron chi connectivity index (χ3n) is 3.55. The molecule has 122 valence electrons. The number of hydrogen-bond donors (Lipinski definition) is 1. The van der Waals surface area contributed by atoms with Gasteiger partial charge in [-0.15, -0.1) is 11.3 Å². The van der Waals surface area contributed by atoms with Gasteiger partial charge in [0.25, 0.3) is 5.91 Å². The van der Waals surface area contributed by atoms with Gasteiger partial charge in [-0.2, -0.15) is 0 Å². The van der Waals surface area contributed by atoms with Gasteiger partial charge in [0.1, 0.15) is 22.3 Å². The van der Waals surface area contributed by atoms with Gasteiger partial charge in [-0.1, -0.05) is 12.1 Å². The van der Waals surface area contributed by atoms with Gasteiger partial charge < -0.3 is 5.32 Å². The number of rotatable bonds is 4. The van der Waals surface area contributed by atoms with Crippen molar-refractivity contribution in [1.82, 2.24) is 10.3 Å². The second-order valence-electron chi connectivity index (χ2n) is 5.29. The molecule has 0 aliphatic carbocycles. The van der Waals surface area contributed by atoms with Crippen molar-refractivity contribution in [2.75, 3.05) is 0 Å². The second kappa shape index (κ2) is 6.88. The Morgan fingerprint density at radius 1 is 1.04 bits per heavy atom. The maximum Gasteiger partial charge on any atom is 0.271 e. The lowest BCUT2D eigenvalue weighted by Crippen LogP contribution is -2.26. The molecule has 3 nitrogen and oxygen atoms in total. The third kappa shape index (κ3) is 3.65. The highest BCUT2D eigenvalue weighted by atomic mass is 32.1. The molecule has 0 unspecified atom stereocenters. The highest BCUT2D eigenvalue weighted by Crippen LogP contribution is 2.24. The Bertz CT molecular complexity index is 844. The molecule has 0 saturated carbocycles. The SMILES string of the molecule is C[C@H](NC(=O)c1csc(-c2ccc(F)cc2)n1)c1ccc(F)cc1. The lowest BCUT2D eigenvalue weighted by atomic mass is 10.1. The summed E-state index contributed by atoms with van der Waals surface area (Å²) in [6, 6.07) is 11.7. The van der Waals surface area contributed by atoms with Crippen LogP contribution in [-0.4, -0.2) is 10.9 Å². The normalized spacial score (nSPS) is 12.0. The molecule has 1 N–H and O–H groups in total. The summed E-state index contributed by atoms with van der Waals surface area (Å²) in [6.45, 7) is 1.82. The fraction of sp³-hybridized carbons (Fsp3) is 0.111. The molecular weight excluding hydrogens is 330 g/mol. The molecule has 1 heterocycles. The molecule has 6 heteroatoms. The number of amides is 1. The number of aromatic nitrogens is 1. The van der Waals surface area contributed by atoms with E-state index >= 15 is 0 Å². The average Bonchev–Trinajstić information content (AvgIpc) is 3.06. The van der Waals surface area contributed by atoms with Crippen LogP contribution < -0.4 is 5.32 Å². The van der Waals surface area contributed by atoms with E-state index in [-0.39, 0.29) is 23.6 Å². The van der Waals surface area contributed by atoms with E-state index in [1.807, 2.05) is 6.92 Å². The summed E-state index contributed by atoms with van der Waals surface area (Å²) in [6.07, 6.45) is 0. The van der Waals surface area contributed by atoms with Gasteiger partial charge in [0, 0.05) is 10.9 Å². The molecule has 2 aromatic carbocycles. The lowest BCUT2D eigenvalue weighted by molar-refractivity contribution is 0.0935. The molecule has 0 aliphatic heterocycles. The number of hydrogen-bond acceptors (Lipinski definition) is 3. The molecule has 24 heavy (non-hydrogen) atoms. The molecule has 0 saturated heterocycles. The summed E-state index contributed by atoms with van der Waals surface area (Å²) < 4.78 is 25.9. The van der Waals surface area contributed by atoms with Crippen LogP contribution in [0.25, 0.3) is 10.6 Å². The third-order valence-corrected chi connectivity index (χ3v) is 4.44. The van der Waals surface area contributed by atoms with Gasteiger partial charge in [0.05, 0.1) is 6.04 Å². The van der Waals surface area contributed by atoms with Crippen molar-refractivity contribution in [3.8, 4) is 10.6 Å². The smallest absolute Gasteiger partial charge is 0.271 e. The fourth-order valence-electron chi connectivity index (χ4n) is 2.21. The van der Waals surface area contributed by atoms with Crippen molar-refractivity contribution in [2.24, 2.45) is 0 Å². The Hall–Kier alpha value is -2.60. The second-order valence-corrected chi connectivity index (χ2v) is 6.15. The molecule has 1 aromatic heterocycles. The summed E-state index contributed by atoms with van der Waals surface area (Å²) in [5, 5.41) is 5.13. The topological polar surface area (TPSA) is 42.0 Å². The average molecular weight is 344 g/mol. The summed E-state index contributed by atoms with van der Waals surface area (Å²) in [5.41, 5.74) is 1.86. The summed E-state index contributed by atoms with van der Waals surface area (Å²) in [4.78, 5) is 16.6. The van der Waals surface area contributed by atoms with E-state index in [4.69, 9.17) is 0 Å². The minimum atomic E-state index is -0.319. The zero-order chi connectivity index (χ0) is 17.1. The van der Waals surface area contributed by atoms with Gasteiger partial charge in [-0.3, -0.25) is 4.79 Å². The van der Waals surface area contributed by atoms with E-state index < -0.39 is 0 Å². The largest absolute Gasteiger partial charge is 0.344 e. The maximum atomic E-state index is 13.0. The van der Waals surface area contributed by atoms with Crippen molar-refractivity contribution in [1.29, 1.82) is 0 Å². The number of halogens is 2. The number of nitrogens with one attached hydrogen (secondary N) is 1. The van der Waals surface area contributed by atoms with E-state index in [9.17, 15) is 13.6 Å². The van der Waals surface area contributed by atoms with Crippen molar-refractivity contribution in [2.45, 2.75) is 13.0 Å². The Morgan fingerprint density at radius 3 is 2.25 bits per heavy atom. The van der Waals surface area contributed by atoms with Gasteiger partial charge in [-0.05, 0) is 48.9 Å². The van der Waals surface area contributed by atoms with E-state index in [2.05, 4.69) is 10.3 Å². The maximum absolute atomic E-state index is 13.0. The number of benzene rings is 2. The predicted molar refractivity (Wildman–Crippen MR) is 89.8 cm³/mol. The molecule has 0 bridgehead atoms. The lowest BCUT2D eigenvalue weighted by Gasteiger charge is -2.13. The number of thiazole rings is 1. The molecule has 0 aliphatic rings. The van der Waals surface area contributed by atoms with E-state index in [1.54, 1.807) is 29.6 Å². The summed E-state index contributed by atoms with van der Waals surface area (Å²) in [5.74, 6) is -0.946. The monoisotopic (exact) mass is 344 g/mol. The van der Waals surface area contributed by atoms with Gasteiger partial charge in [-0.25, -0.2) is 13.8 Å². The van der Waals surface area contributed by atoms with Gasteiger partial charge >= 0.3 is 0 Å². The Kier molecular flexibility index (Phi) is 4.66. The molecule has 1 atom stereocenters. The van der Waals surface area contributed by atoms with Crippen LogP contribution in [0.15, 0.2) is 53.9 Å². The van der Waals surface area contributed by atoms with Crippen LogP contribution >= 0.6 is 11.3 Å².